The molecule has 1 aliphatic carbocycles. The fourth-order valence-electron chi connectivity index (χ4n) is 3.71. The molecule has 0 spiro atoms. The first kappa shape index (κ1) is 17.7. The number of ether oxygens (including phenoxy) is 1. The largest absolute Gasteiger partial charge is 0.436 e. The van der Waals surface area contributed by atoms with E-state index in [1.165, 1.54) is 0 Å². The molecule has 4 rings (SSSR count). The molecular weight excluding hydrogens is 352 g/mol. The molecule has 1 heterocycles. The number of carbonyl (C=O) groups excluding carboxylic acids is 2. The van der Waals surface area contributed by atoms with Crippen LogP contribution in [0.4, 0.5) is 0 Å². The van der Waals surface area contributed by atoms with Crippen LogP contribution in [0.15, 0.2) is 71.3 Å². The maximum atomic E-state index is 13.3. The second kappa shape index (κ2) is 6.50. The van der Waals surface area contributed by atoms with Crippen LogP contribution in [-0.2, 0) is 4.74 Å². The van der Waals surface area contributed by atoms with E-state index in [0.29, 0.717) is 11.5 Å². The van der Waals surface area contributed by atoms with Crippen molar-refractivity contribution in [3.05, 3.63) is 93.6 Å². The van der Waals surface area contributed by atoms with Crippen LogP contribution in [0.2, 0.25) is 0 Å². The van der Waals surface area contributed by atoms with Crippen LogP contribution in [0.1, 0.15) is 57.5 Å². The average molecular weight is 370 g/mol. The molecule has 0 bridgehead atoms. The van der Waals surface area contributed by atoms with Gasteiger partial charge in [-0.1, -0.05) is 62.4 Å². The Balaban J connectivity index is 1.92. The van der Waals surface area contributed by atoms with E-state index in [-0.39, 0.29) is 34.1 Å². The summed E-state index contributed by atoms with van der Waals surface area (Å²) >= 11 is 0. The Bertz CT molecular complexity index is 1120. The number of fused-ring (bicyclic) bond motifs is 1. The van der Waals surface area contributed by atoms with Crippen LogP contribution in [0.25, 0.3) is 0 Å². The highest BCUT2D eigenvalue weighted by molar-refractivity contribution is 6.27. The number of benzene rings is 2. The lowest BCUT2D eigenvalue weighted by Crippen LogP contribution is -2.32. The quantitative estimate of drug-likeness (QED) is 0.864. The molecule has 28 heavy (non-hydrogen) atoms. The van der Waals surface area contributed by atoms with Crippen molar-refractivity contribution in [1.82, 2.24) is 0 Å². The molecule has 2 aliphatic rings. The van der Waals surface area contributed by atoms with Gasteiger partial charge in [-0.05, 0) is 17.0 Å². The summed E-state index contributed by atoms with van der Waals surface area (Å²) in [5, 5.41) is 9.69. The molecule has 0 amide bonds. The maximum absolute atomic E-state index is 13.3. The normalized spacial score (nSPS) is 18.6. The first-order valence-electron chi connectivity index (χ1n) is 9.04. The second-order valence-electron chi connectivity index (χ2n) is 7.19. The third-order valence-electron chi connectivity index (χ3n) is 5.22. The first-order chi connectivity index (χ1) is 13.4. The minimum atomic E-state index is -0.736. The molecule has 0 radical (unpaired) electrons. The number of hydrogen-bond donors (Lipinski definition) is 1. The Labute approximate surface area is 162 Å². The summed E-state index contributed by atoms with van der Waals surface area (Å²) in [6, 6.07) is 16.3. The summed E-state index contributed by atoms with van der Waals surface area (Å²) in [5.41, 5.74) is 8.74. The zero-order chi connectivity index (χ0) is 20.0. The Hall–Kier alpha value is -3.65. The summed E-state index contributed by atoms with van der Waals surface area (Å²) in [4.78, 5) is 26.2. The Morgan fingerprint density at radius 1 is 1.00 bits per heavy atom. The molecule has 0 unspecified atom stereocenters. The van der Waals surface area contributed by atoms with E-state index < -0.39 is 11.7 Å². The highest BCUT2D eigenvalue weighted by Gasteiger charge is 2.43. The van der Waals surface area contributed by atoms with Gasteiger partial charge < -0.3 is 10.5 Å². The van der Waals surface area contributed by atoms with Gasteiger partial charge in [-0.2, -0.15) is 5.26 Å². The van der Waals surface area contributed by atoms with Crippen LogP contribution in [-0.4, -0.2) is 11.6 Å². The molecule has 2 N–H and O–H groups in total. The van der Waals surface area contributed by atoms with E-state index in [1.54, 1.807) is 24.3 Å². The van der Waals surface area contributed by atoms with Crippen molar-refractivity contribution in [3.63, 3.8) is 0 Å². The lowest BCUT2D eigenvalue weighted by atomic mass is 9.75. The van der Waals surface area contributed by atoms with Crippen LogP contribution < -0.4 is 5.73 Å². The van der Waals surface area contributed by atoms with Gasteiger partial charge in [0, 0.05) is 11.1 Å². The SMILES string of the molecule is CC(C)c1ccc([C@H]2C(C#N)=C(N)OC3=C2C(=O)c2ccccc2C3=O)cc1. The Morgan fingerprint density at radius 2 is 1.61 bits per heavy atom. The number of ketones is 2. The van der Waals surface area contributed by atoms with Crippen molar-refractivity contribution in [2.45, 2.75) is 25.7 Å². The van der Waals surface area contributed by atoms with E-state index in [1.807, 2.05) is 24.3 Å². The number of Topliss-reactive ketones (excluding diaryl/α,β-unsaturated/α-hetero) is 2. The molecular formula is C23H18N2O3. The van der Waals surface area contributed by atoms with Gasteiger partial charge in [0.05, 0.1) is 11.5 Å². The fraction of sp³-hybridized carbons (Fsp3) is 0.174. The van der Waals surface area contributed by atoms with Crippen molar-refractivity contribution in [3.8, 4) is 6.07 Å². The van der Waals surface area contributed by atoms with Crippen LogP contribution >= 0.6 is 0 Å². The molecule has 5 nitrogen and oxygen atoms in total. The van der Waals surface area contributed by atoms with Crippen LogP contribution in [0.3, 0.4) is 0 Å². The van der Waals surface area contributed by atoms with Crippen molar-refractivity contribution in [1.29, 1.82) is 5.26 Å². The molecule has 0 fully saturated rings. The highest BCUT2D eigenvalue weighted by atomic mass is 16.5. The number of nitrogens with zero attached hydrogens (tertiary/aromatic N) is 1. The fourth-order valence-corrected chi connectivity index (χ4v) is 3.71. The molecule has 5 heteroatoms. The second-order valence-corrected chi connectivity index (χ2v) is 7.19. The summed E-state index contributed by atoms with van der Waals surface area (Å²) < 4.78 is 5.49. The van der Waals surface area contributed by atoms with Gasteiger partial charge in [0.25, 0.3) is 0 Å². The number of carbonyl (C=O) groups is 2. The van der Waals surface area contributed by atoms with Gasteiger partial charge in [0.2, 0.25) is 11.7 Å². The first-order valence-corrected chi connectivity index (χ1v) is 9.04. The molecule has 0 saturated carbocycles. The Kier molecular flexibility index (Phi) is 4.12. The number of nitriles is 1. The molecule has 0 aromatic heterocycles. The van der Waals surface area contributed by atoms with Gasteiger partial charge in [-0.15, -0.1) is 0 Å². The van der Waals surface area contributed by atoms with Gasteiger partial charge in [0.15, 0.2) is 11.5 Å². The Morgan fingerprint density at radius 3 is 2.18 bits per heavy atom. The number of nitrogens with two attached hydrogens (primary N) is 1. The molecule has 0 saturated heterocycles. The van der Waals surface area contributed by atoms with Crippen molar-refractivity contribution < 1.29 is 14.3 Å². The number of hydrogen-bond acceptors (Lipinski definition) is 5. The molecule has 2 aromatic rings. The van der Waals surface area contributed by atoms with Crippen LogP contribution in [0.5, 0.6) is 0 Å². The average Bonchev–Trinajstić information content (AvgIpc) is 2.71. The minimum Gasteiger partial charge on any atom is -0.436 e. The van der Waals surface area contributed by atoms with Crippen molar-refractivity contribution in [2.24, 2.45) is 5.73 Å². The minimum absolute atomic E-state index is 0.0851. The smallest absolute Gasteiger partial charge is 0.229 e. The van der Waals surface area contributed by atoms with E-state index in [4.69, 9.17) is 10.5 Å². The van der Waals surface area contributed by atoms with Crippen molar-refractivity contribution >= 4 is 11.6 Å². The number of rotatable bonds is 2. The topological polar surface area (TPSA) is 93.2 Å². The molecule has 1 aliphatic heterocycles. The maximum Gasteiger partial charge on any atom is 0.229 e. The zero-order valence-electron chi connectivity index (χ0n) is 15.5. The molecule has 1 atom stereocenters. The third-order valence-corrected chi connectivity index (χ3v) is 5.22. The third kappa shape index (κ3) is 2.54. The summed E-state index contributed by atoms with van der Waals surface area (Å²) in [6.45, 7) is 4.17. The van der Waals surface area contributed by atoms with Crippen LogP contribution in [0, 0.1) is 11.3 Å². The van der Waals surface area contributed by atoms with Gasteiger partial charge in [-0.3, -0.25) is 9.59 Å². The molecule has 2 aromatic carbocycles. The van der Waals surface area contributed by atoms with Gasteiger partial charge >= 0.3 is 0 Å². The van der Waals surface area contributed by atoms with E-state index in [9.17, 15) is 14.9 Å². The van der Waals surface area contributed by atoms with E-state index >= 15 is 0 Å². The summed E-state index contributed by atoms with van der Waals surface area (Å²) in [6.07, 6.45) is 0. The molecule has 138 valence electrons. The van der Waals surface area contributed by atoms with E-state index in [0.717, 1.165) is 11.1 Å². The highest BCUT2D eigenvalue weighted by Crippen LogP contribution is 2.44. The summed E-state index contributed by atoms with van der Waals surface area (Å²) in [5.74, 6) is -1.32. The van der Waals surface area contributed by atoms with Gasteiger partial charge in [0.1, 0.15) is 11.6 Å². The predicted octanol–water partition coefficient (Wildman–Crippen LogP) is 3.95. The lowest BCUT2D eigenvalue weighted by Gasteiger charge is -2.31. The van der Waals surface area contributed by atoms with Crippen molar-refractivity contribution in [2.75, 3.05) is 0 Å². The zero-order valence-corrected chi connectivity index (χ0v) is 15.5. The summed E-state index contributed by atoms with van der Waals surface area (Å²) in [7, 11) is 0. The lowest BCUT2D eigenvalue weighted by molar-refractivity contribution is 0.0897. The number of allylic oxidation sites excluding steroid dienone is 3. The van der Waals surface area contributed by atoms with E-state index in [2.05, 4.69) is 19.9 Å². The monoisotopic (exact) mass is 370 g/mol. The predicted molar refractivity (Wildman–Crippen MR) is 103 cm³/mol. The van der Waals surface area contributed by atoms with Gasteiger partial charge in [-0.25, -0.2) is 0 Å². The standard InChI is InChI=1S/C23H18N2O3/c1-12(2)13-7-9-14(10-8-13)18-17(11-24)23(25)28-22-19(18)20(26)15-5-3-4-6-16(15)21(22)27/h3-10,12,18H,25H2,1-2H3/t18-/m0/s1.